The van der Waals surface area contributed by atoms with Crippen LogP contribution in [0.4, 0.5) is 4.39 Å². The number of esters is 1. The highest BCUT2D eigenvalue weighted by Gasteiger charge is 2.38. The summed E-state index contributed by atoms with van der Waals surface area (Å²) < 4.78 is 26.7. The maximum Gasteiger partial charge on any atom is 0.334 e. The highest BCUT2D eigenvalue weighted by Crippen LogP contribution is 2.49. The number of hydrogen-bond acceptors (Lipinski definition) is 5. The van der Waals surface area contributed by atoms with Gasteiger partial charge in [-0.25, -0.2) is 18.9 Å². The fourth-order valence-electron chi connectivity index (χ4n) is 3.99. The van der Waals surface area contributed by atoms with Crippen molar-refractivity contribution in [3.05, 3.63) is 89.4 Å². The largest absolute Gasteiger partial charge is 0.466 e. The lowest BCUT2D eigenvalue weighted by Crippen LogP contribution is -2.19. The van der Waals surface area contributed by atoms with E-state index >= 15 is 0 Å². The predicted molar refractivity (Wildman–Crippen MR) is 113 cm³/mol. The molecule has 4 aromatic rings. The third-order valence-corrected chi connectivity index (χ3v) is 5.42. The summed E-state index contributed by atoms with van der Waals surface area (Å²) in [6.45, 7) is 5.84. The highest BCUT2D eigenvalue weighted by atomic mass is 19.1. The molecule has 0 saturated heterocycles. The molecule has 0 unspecified atom stereocenters. The number of benzene rings is 2. The molecule has 2 aromatic heterocycles. The maximum absolute atomic E-state index is 13.8. The van der Waals surface area contributed by atoms with Gasteiger partial charge in [0.15, 0.2) is 0 Å². The van der Waals surface area contributed by atoms with Crippen LogP contribution in [0.15, 0.2) is 66.7 Å². The minimum atomic E-state index is -0.594. The molecule has 3 heterocycles. The normalized spacial score (nSPS) is 14.5. The van der Waals surface area contributed by atoms with Crippen molar-refractivity contribution < 1.29 is 18.7 Å². The number of rotatable bonds is 3. The van der Waals surface area contributed by atoms with E-state index in [1.54, 1.807) is 16.8 Å². The zero-order valence-electron chi connectivity index (χ0n) is 16.9. The highest BCUT2D eigenvalue weighted by molar-refractivity contribution is 5.92. The zero-order valence-corrected chi connectivity index (χ0v) is 16.9. The summed E-state index contributed by atoms with van der Waals surface area (Å²) in [7, 11) is 1.31. The van der Waals surface area contributed by atoms with E-state index in [9.17, 15) is 9.18 Å². The molecule has 0 fully saturated rings. The third kappa shape index (κ3) is 2.97. The molecule has 0 N–H and O–H groups in total. The molecular formula is C24H18FN3O3. The molecule has 1 aliphatic rings. The number of methoxy groups -OCH3 is 1. The molecule has 31 heavy (non-hydrogen) atoms. The van der Waals surface area contributed by atoms with Crippen molar-refractivity contribution >= 4 is 16.9 Å². The molecular weight excluding hydrogens is 397 g/mol. The number of nitrogens with zero attached hydrogens (tertiary/aromatic N) is 3. The lowest BCUT2D eigenvalue weighted by molar-refractivity contribution is -0.136. The van der Waals surface area contributed by atoms with Crippen LogP contribution in [0.25, 0.3) is 16.6 Å². The average molecular weight is 415 g/mol. The summed E-state index contributed by atoms with van der Waals surface area (Å²) in [6, 6.07) is 15.7. The van der Waals surface area contributed by atoms with Gasteiger partial charge < -0.3 is 9.47 Å². The number of pyridine rings is 1. The summed E-state index contributed by atoms with van der Waals surface area (Å²) in [5.74, 6) is -0.735. The van der Waals surface area contributed by atoms with Crippen molar-refractivity contribution in [2.75, 3.05) is 7.11 Å². The summed E-state index contributed by atoms with van der Waals surface area (Å²) >= 11 is 0. The quantitative estimate of drug-likeness (QED) is 0.354. The molecule has 154 valence electrons. The number of carbonyl (C=O) groups excluding carboxylic acids is 1. The summed E-state index contributed by atoms with van der Waals surface area (Å²) in [4.78, 5) is 17.1. The lowest BCUT2D eigenvalue weighted by Gasteiger charge is -2.27. The second kappa shape index (κ2) is 7.05. The van der Waals surface area contributed by atoms with Crippen molar-refractivity contribution in [1.29, 1.82) is 0 Å². The second-order valence-electron chi connectivity index (χ2n) is 7.32. The van der Waals surface area contributed by atoms with Crippen LogP contribution in [0.3, 0.4) is 0 Å². The van der Waals surface area contributed by atoms with E-state index < -0.39 is 11.9 Å². The topological polar surface area (TPSA) is 66.2 Å². The molecule has 2 aromatic carbocycles. The lowest BCUT2D eigenvalue weighted by atomic mass is 9.84. The zero-order chi connectivity index (χ0) is 21.7. The van der Waals surface area contributed by atoms with E-state index in [0.29, 0.717) is 39.5 Å². The van der Waals surface area contributed by atoms with Gasteiger partial charge in [-0.05, 0) is 43.3 Å². The number of ether oxygens (including phenoxy) is 2. The smallest absolute Gasteiger partial charge is 0.334 e. The Morgan fingerprint density at radius 2 is 1.97 bits per heavy atom. The first-order valence-electron chi connectivity index (χ1n) is 9.68. The van der Waals surface area contributed by atoms with Gasteiger partial charge in [0.1, 0.15) is 5.82 Å². The Morgan fingerprint density at radius 1 is 1.19 bits per heavy atom. The van der Waals surface area contributed by atoms with Crippen LogP contribution < -0.4 is 4.74 Å². The van der Waals surface area contributed by atoms with Gasteiger partial charge in [0.2, 0.25) is 11.8 Å². The van der Waals surface area contributed by atoms with Crippen LogP contribution in [0.2, 0.25) is 0 Å². The van der Waals surface area contributed by atoms with E-state index in [1.165, 1.54) is 19.2 Å². The Hall–Kier alpha value is -4.00. The van der Waals surface area contributed by atoms with E-state index in [4.69, 9.17) is 9.47 Å². The number of carbonyl (C=O) groups is 1. The number of aromatic nitrogens is 3. The monoisotopic (exact) mass is 415 g/mol. The molecule has 7 heteroatoms. The molecule has 5 rings (SSSR count). The summed E-state index contributed by atoms with van der Waals surface area (Å²) in [6.07, 6.45) is 0. The van der Waals surface area contributed by atoms with Crippen LogP contribution in [0, 0.1) is 12.7 Å². The first-order valence-corrected chi connectivity index (χ1v) is 9.68. The Kier molecular flexibility index (Phi) is 4.32. The Morgan fingerprint density at radius 3 is 2.71 bits per heavy atom. The van der Waals surface area contributed by atoms with Gasteiger partial charge in [-0.15, -0.1) is 0 Å². The van der Waals surface area contributed by atoms with E-state index in [2.05, 4.69) is 16.7 Å². The SMILES string of the molecule is C=C(C(=O)OC)[C@H]1c2cc3cc(F)ccc3nc2Oc2c1c(C)nn2-c1ccccc1. The molecule has 0 radical (unpaired) electrons. The third-order valence-electron chi connectivity index (χ3n) is 5.42. The standard InChI is InChI=1S/C24H18FN3O3/c1-13(24(29)30-3)20-18-12-15-11-16(25)9-10-19(15)26-22(18)31-23-21(20)14(2)27-28(23)17-7-5-4-6-8-17/h4-12,20H,1H2,2-3H3/t20-/m0/s1. The van der Waals surface area contributed by atoms with Crippen molar-refractivity contribution in [3.63, 3.8) is 0 Å². The first-order chi connectivity index (χ1) is 15.0. The number of aryl methyl sites for hydroxylation is 1. The molecule has 0 aliphatic carbocycles. The maximum atomic E-state index is 13.8. The van der Waals surface area contributed by atoms with Gasteiger partial charge in [0.25, 0.3) is 0 Å². The Balaban J connectivity index is 1.78. The molecule has 0 saturated carbocycles. The van der Waals surface area contributed by atoms with Crippen molar-refractivity contribution in [1.82, 2.24) is 14.8 Å². The van der Waals surface area contributed by atoms with Gasteiger partial charge in [-0.2, -0.15) is 5.10 Å². The molecule has 0 spiro atoms. The molecule has 6 nitrogen and oxygen atoms in total. The molecule has 1 aliphatic heterocycles. The molecule has 0 amide bonds. The number of para-hydroxylation sites is 1. The predicted octanol–water partition coefficient (Wildman–Crippen LogP) is 4.83. The fourth-order valence-corrected chi connectivity index (χ4v) is 3.99. The number of halogens is 1. The van der Waals surface area contributed by atoms with Crippen molar-refractivity contribution in [3.8, 4) is 17.4 Å². The van der Waals surface area contributed by atoms with E-state index in [1.807, 2.05) is 37.3 Å². The fraction of sp³-hybridized carbons (Fsp3) is 0.125. The van der Waals surface area contributed by atoms with Gasteiger partial charge in [0, 0.05) is 16.5 Å². The molecule has 1 atom stereocenters. The minimum absolute atomic E-state index is 0.224. The minimum Gasteiger partial charge on any atom is -0.466 e. The van der Waals surface area contributed by atoms with Crippen LogP contribution in [-0.4, -0.2) is 27.8 Å². The van der Waals surface area contributed by atoms with E-state index in [-0.39, 0.29) is 11.4 Å². The van der Waals surface area contributed by atoms with Crippen molar-refractivity contribution in [2.24, 2.45) is 0 Å². The summed E-state index contributed by atoms with van der Waals surface area (Å²) in [5.41, 5.74) is 3.59. The van der Waals surface area contributed by atoms with Crippen molar-refractivity contribution in [2.45, 2.75) is 12.8 Å². The van der Waals surface area contributed by atoms with Gasteiger partial charge in [-0.1, -0.05) is 24.8 Å². The van der Waals surface area contributed by atoms with Crippen LogP contribution >= 0.6 is 0 Å². The van der Waals surface area contributed by atoms with Gasteiger partial charge in [0.05, 0.1) is 35.5 Å². The van der Waals surface area contributed by atoms with Crippen LogP contribution in [0.1, 0.15) is 22.7 Å². The Labute approximate surface area is 177 Å². The first kappa shape index (κ1) is 19.0. The number of fused-ring (bicyclic) bond motifs is 3. The summed E-state index contributed by atoms with van der Waals surface area (Å²) in [5, 5.41) is 5.26. The van der Waals surface area contributed by atoms with Gasteiger partial charge in [-0.3, -0.25) is 0 Å². The van der Waals surface area contributed by atoms with Crippen LogP contribution in [0.5, 0.6) is 11.8 Å². The average Bonchev–Trinajstić information content (AvgIpc) is 3.11. The van der Waals surface area contributed by atoms with Gasteiger partial charge >= 0.3 is 5.97 Å². The van der Waals surface area contributed by atoms with E-state index in [0.717, 1.165) is 5.69 Å². The second-order valence-corrected chi connectivity index (χ2v) is 7.32. The molecule has 0 bridgehead atoms. The number of hydrogen-bond donors (Lipinski definition) is 0. The van der Waals surface area contributed by atoms with Crippen LogP contribution in [-0.2, 0) is 9.53 Å². The Bertz CT molecular complexity index is 1360.